The molecule has 6 nitrogen and oxygen atoms in total. The van der Waals surface area contributed by atoms with Crippen LogP contribution in [0.4, 0.5) is 4.39 Å². The number of halogens is 1. The third-order valence-electron chi connectivity index (χ3n) is 3.58. The highest BCUT2D eigenvalue weighted by Gasteiger charge is 2.34. The molecular weight excluding hydrogens is 309 g/mol. The minimum Gasteiger partial charge on any atom is -0.372 e. The quantitative estimate of drug-likeness (QED) is 0.921. The van der Waals surface area contributed by atoms with Crippen LogP contribution in [0.15, 0.2) is 41.6 Å². The lowest BCUT2D eigenvalue weighted by molar-refractivity contribution is 0.102. The van der Waals surface area contributed by atoms with Crippen molar-refractivity contribution in [2.24, 2.45) is 7.05 Å². The first kappa shape index (κ1) is 15.1. The Morgan fingerprint density at radius 3 is 2.86 bits per heavy atom. The van der Waals surface area contributed by atoms with Crippen molar-refractivity contribution in [1.82, 2.24) is 14.5 Å². The van der Waals surface area contributed by atoms with Gasteiger partial charge in [-0.05, 0) is 18.6 Å². The van der Waals surface area contributed by atoms with Crippen LogP contribution in [0.2, 0.25) is 0 Å². The minimum absolute atomic E-state index is 0.355. The van der Waals surface area contributed by atoms with Crippen molar-refractivity contribution < 1.29 is 17.5 Å². The van der Waals surface area contributed by atoms with Gasteiger partial charge in [0.2, 0.25) is 10.0 Å². The number of nitrogens with one attached hydrogen (secondary N) is 1. The van der Waals surface area contributed by atoms with Crippen molar-refractivity contribution >= 4 is 10.0 Å². The Bertz CT molecular complexity index is 775. The van der Waals surface area contributed by atoms with E-state index in [1.165, 1.54) is 18.2 Å². The molecule has 1 saturated heterocycles. The zero-order valence-electron chi connectivity index (χ0n) is 11.9. The number of aryl methyl sites for hydroxylation is 1. The van der Waals surface area contributed by atoms with Crippen molar-refractivity contribution in [3.8, 4) is 0 Å². The number of hydrogen-bond acceptors (Lipinski definition) is 4. The summed E-state index contributed by atoms with van der Waals surface area (Å²) in [6, 6.07) is 4.85. The summed E-state index contributed by atoms with van der Waals surface area (Å²) in [6.45, 7) is 0.435. The van der Waals surface area contributed by atoms with Gasteiger partial charge in [0.05, 0.1) is 12.2 Å². The van der Waals surface area contributed by atoms with E-state index in [1.807, 2.05) is 0 Å². The van der Waals surface area contributed by atoms with Crippen LogP contribution in [0.5, 0.6) is 0 Å². The van der Waals surface area contributed by atoms with E-state index in [-0.39, 0.29) is 4.90 Å². The summed E-state index contributed by atoms with van der Waals surface area (Å²) in [5, 5.41) is 4.06. The Labute approximate surface area is 128 Å². The Morgan fingerprint density at radius 2 is 2.18 bits per heavy atom. The predicted molar refractivity (Wildman–Crippen MR) is 77.0 cm³/mol. The van der Waals surface area contributed by atoms with Gasteiger partial charge in [-0.2, -0.15) is 5.10 Å². The predicted octanol–water partition coefficient (Wildman–Crippen LogP) is 1.37. The molecule has 1 aromatic carbocycles. The van der Waals surface area contributed by atoms with E-state index in [4.69, 9.17) is 4.74 Å². The van der Waals surface area contributed by atoms with E-state index < -0.39 is 28.0 Å². The second-order valence-electron chi connectivity index (χ2n) is 5.19. The van der Waals surface area contributed by atoms with Crippen LogP contribution >= 0.6 is 0 Å². The van der Waals surface area contributed by atoms with Gasteiger partial charge in [-0.1, -0.05) is 12.1 Å². The fourth-order valence-corrected chi connectivity index (χ4v) is 3.90. The molecule has 0 aliphatic carbocycles. The van der Waals surface area contributed by atoms with E-state index in [1.54, 1.807) is 24.1 Å². The molecule has 3 rings (SSSR count). The molecule has 0 bridgehead atoms. The smallest absolute Gasteiger partial charge is 0.243 e. The number of ether oxygens (including phenoxy) is 1. The fourth-order valence-electron chi connectivity index (χ4n) is 2.55. The highest BCUT2D eigenvalue weighted by atomic mass is 32.2. The fraction of sp³-hybridized carbons (Fsp3) is 0.357. The first-order chi connectivity index (χ1) is 10.5. The summed E-state index contributed by atoms with van der Waals surface area (Å²) in [6.07, 6.45) is 3.52. The van der Waals surface area contributed by atoms with Gasteiger partial charge in [-0.25, -0.2) is 17.5 Å². The number of sulfonamides is 1. The van der Waals surface area contributed by atoms with Crippen LogP contribution in [-0.2, 0) is 21.8 Å². The topological polar surface area (TPSA) is 73.2 Å². The first-order valence-electron chi connectivity index (χ1n) is 6.84. The lowest BCUT2D eigenvalue weighted by Crippen LogP contribution is -2.37. The third-order valence-corrected chi connectivity index (χ3v) is 5.10. The molecule has 118 valence electrons. The maximum absolute atomic E-state index is 13.7. The SMILES string of the molecule is Cn1cc([C@H]2OCC[C@@H]2NS(=O)(=O)c2ccccc2F)cn1. The van der Waals surface area contributed by atoms with E-state index in [9.17, 15) is 12.8 Å². The molecule has 0 saturated carbocycles. The van der Waals surface area contributed by atoms with E-state index in [0.29, 0.717) is 13.0 Å². The van der Waals surface area contributed by atoms with Gasteiger partial charge in [0.1, 0.15) is 16.8 Å². The number of rotatable bonds is 4. The second kappa shape index (κ2) is 5.79. The zero-order valence-corrected chi connectivity index (χ0v) is 12.8. The Kier molecular flexibility index (Phi) is 3.98. The highest BCUT2D eigenvalue weighted by Crippen LogP contribution is 2.30. The third kappa shape index (κ3) is 2.90. The lowest BCUT2D eigenvalue weighted by atomic mass is 10.1. The van der Waals surface area contributed by atoms with Crippen LogP contribution in [0.25, 0.3) is 0 Å². The van der Waals surface area contributed by atoms with Crippen LogP contribution in [0.3, 0.4) is 0 Å². The maximum atomic E-state index is 13.7. The molecule has 0 amide bonds. The lowest BCUT2D eigenvalue weighted by Gasteiger charge is -2.19. The van der Waals surface area contributed by atoms with Crippen molar-refractivity contribution in [2.75, 3.05) is 6.61 Å². The summed E-state index contributed by atoms with van der Waals surface area (Å²) in [5.41, 5.74) is 0.793. The standard InChI is InChI=1S/C14H16FN3O3S/c1-18-9-10(8-16-18)14-12(6-7-21-14)17-22(19,20)13-5-3-2-4-11(13)15/h2-5,8-9,12,14,17H,6-7H2,1H3/t12-,14+/m0/s1. The summed E-state index contributed by atoms with van der Waals surface area (Å²) < 4.78 is 48.2. The van der Waals surface area contributed by atoms with E-state index in [0.717, 1.165) is 11.6 Å². The molecule has 1 aromatic heterocycles. The molecule has 0 spiro atoms. The number of nitrogens with zero attached hydrogens (tertiary/aromatic N) is 2. The zero-order chi connectivity index (χ0) is 15.7. The van der Waals surface area contributed by atoms with Gasteiger partial charge in [0.15, 0.2) is 0 Å². The average Bonchev–Trinajstić information content (AvgIpc) is 3.07. The second-order valence-corrected chi connectivity index (χ2v) is 6.87. The van der Waals surface area contributed by atoms with Gasteiger partial charge >= 0.3 is 0 Å². The molecule has 0 radical (unpaired) electrons. The van der Waals surface area contributed by atoms with Gasteiger partial charge in [-0.15, -0.1) is 0 Å². The van der Waals surface area contributed by atoms with E-state index >= 15 is 0 Å². The van der Waals surface area contributed by atoms with Gasteiger partial charge < -0.3 is 4.74 Å². The molecular formula is C14H16FN3O3S. The van der Waals surface area contributed by atoms with Crippen LogP contribution in [-0.4, -0.2) is 30.8 Å². The van der Waals surface area contributed by atoms with Crippen molar-refractivity contribution in [3.05, 3.63) is 48.0 Å². The first-order valence-corrected chi connectivity index (χ1v) is 8.33. The van der Waals surface area contributed by atoms with Crippen molar-refractivity contribution in [1.29, 1.82) is 0 Å². The Hall–Kier alpha value is -1.77. The van der Waals surface area contributed by atoms with Gasteiger partial charge in [0.25, 0.3) is 0 Å². The molecule has 1 aliphatic rings. The maximum Gasteiger partial charge on any atom is 0.243 e. The van der Waals surface area contributed by atoms with Crippen LogP contribution in [0, 0.1) is 5.82 Å². The Balaban J connectivity index is 1.84. The van der Waals surface area contributed by atoms with Crippen molar-refractivity contribution in [2.45, 2.75) is 23.5 Å². The van der Waals surface area contributed by atoms with Gasteiger partial charge in [0, 0.05) is 25.4 Å². The monoisotopic (exact) mass is 325 g/mol. The van der Waals surface area contributed by atoms with Crippen LogP contribution in [0.1, 0.15) is 18.1 Å². The summed E-state index contributed by atoms with van der Waals surface area (Å²) in [5.74, 6) is -0.771. The number of hydrogen-bond donors (Lipinski definition) is 1. The molecule has 1 fully saturated rings. The van der Waals surface area contributed by atoms with Gasteiger partial charge in [-0.3, -0.25) is 4.68 Å². The molecule has 8 heteroatoms. The highest BCUT2D eigenvalue weighted by molar-refractivity contribution is 7.89. The molecule has 2 atom stereocenters. The van der Waals surface area contributed by atoms with E-state index in [2.05, 4.69) is 9.82 Å². The normalized spacial score (nSPS) is 22.1. The molecule has 0 unspecified atom stereocenters. The summed E-state index contributed by atoms with van der Waals surface area (Å²) >= 11 is 0. The molecule has 22 heavy (non-hydrogen) atoms. The number of aromatic nitrogens is 2. The molecule has 1 N–H and O–H groups in total. The number of benzene rings is 1. The minimum atomic E-state index is -3.94. The summed E-state index contributed by atoms with van der Waals surface area (Å²) in [4.78, 5) is -0.355. The molecule has 1 aliphatic heterocycles. The van der Waals surface area contributed by atoms with Crippen LogP contribution < -0.4 is 4.72 Å². The molecule has 2 aromatic rings. The average molecular weight is 325 g/mol. The largest absolute Gasteiger partial charge is 0.372 e. The Morgan fingerprint density at radius 1 is 1.41 bits per heavy atom. The van der Waals surface area contributed by atoms with Crippen molar-refractivity contribution in [3.63, 3.8) is 0 Å². The summed E-state index contributed by atoms with van der Waals surface area (Å²) in [7, 11) is -2.17. The molecule has 2 heterocycles.